The van der Waals surface area contributed by atoms with Gasteiger partial charge in [-0.05, 0) is 13.0 Å². The largest absolute Gasteiger partial charge is 0.392 e. The molecule has 2 rings (SSSR count). The number of nitrogens with zero attached hydrogens (tertiary/aromatic N) is 1. The molecule has 1 aromatic carbocycles. The molecule has 1 atom stereocenters. The van der Waals surface area contributed by atoms with Gasteiger partial charge in [0.25, 0.3) is 0 Å². The summed E-state index contributed by atoms with van der Waals surface area (Å²) in [6.07, 6.45) is 0. The van der Waals surface area contributed by atoms with Gasteiger partial charge in [-0.1, -0.05) is 18.2 Å². The maximum absolute atomic E-state index is 9.21. The Morgan fingerprint density at radius 3 is 2.94 bits per heavy atom. The van der Waals surface area contributed by atoms with Crippen LogP contribution in [0.25, 0.3) is 0 Å². The van der Waals surface area contributed by atoms with Crippen molar-refractivity contribution in [2.24, 2.45) is 0 Å². The van der Waals surface area contributed by atoms with Gasteiger partial charge in [0.2, 0.25) is 0 Å². The molecular weight excluding hydrogens is 220 g/mol. The number of nitrogens with one attached hydrogen (secondary N) is 1. The van der Waals surface area contributed by atoms with Gasteiger partial charge in [-0.2, -0.15) is 0 Å². The van der Waals surface area contributed by atoms with E-state index in [0.29, 0.717) is 0 Å². The van der Waals surface area contributed by atoms with Crippen LogP contribution in [-0.2, 0) is 6.61 Å². The van der Waals surface area contributed by atoms with Crippen molar-refractivity contribution in [3.05, 3.63) is 46.4 Å². The number of anilines is 1. The van der Waals surface area contributed by atoms with Crippen molar-refractivity contribution in [2.75, 3.05) is 5.32 Å². The quantitative estimate of drug-likeness (QED) is 0.855. The zero-order valence-electron chi connectivity index (χ0n) is 9.05. The Balaban J connectivity index is 2.14. The van der Waals surface area contributed by atoms with Crippen molar-refractivity contribution in [3.63, 3.8) is 0 Å². The van der Waals surface area contributed by atoms with E-state index in [1.54, 1.807) is 11.3 Å². The van der Waals surface area contributed by atoms with Gasteiger partial charge in [0, 0.05) is 16.6 Å². The van der Waals surface area contributed by atoms with Gasteiger partial charge in [0.05, 0.1) is 23.9 Å². The summed E-state index contributed by atoms with van der Waals surface area (Å²) in [7, 11) is 0. The molecule has 1 unspecified atom stereocenters. The summed E-state index contributed by atoms with van der Waals surface area (Å²) in [6, 6.07) is 7.91. The third kappa shape index (κ3) is 2.40. The molecular formula is C12H14N2OS. The van der Waals surface area contributed by atoms with E-state index in [1.165, 1.54) is 0 Å². The summed E-state index contributed by atoms with van der Waals surface area (Å²) < 4.78 is 0. The van der Waals surface area contributed by atoms with E-state index in [1.807, 2.05) is 35.2 Å². The molecule has 0 aliphatic rings. The lowest BCUT2D eigenvalue weighted by atomic mass is 10.1. The van der Waals surface area contributed by atoms with E-state index in [4.69, 9.17) is 0 Å². The predicted octanol–water partition coefficient (Wildman–Crippen LogP) is 2.81. The smallest absolute Gasteiger partial charge is 0.0795 e. The number of rotatable bonds is 4. The normalized spacial score (nSPS) is 12.4. The number of aromatic nitrogens is 1. The van der Waals surface area contributed by atoms with Gasteiger partial charge in [0.15, 0.2) is 0 Å². The van der Waals surface area contributed by atoms with Crippen LogP contribution in [0.4, 0.5) is 5.69 Å². The molecule has 0 saturated heterocycles. The second-order valence-corrected chi connectivity index (χ2v) is 4.31. The van der Waals surface area contributed by atoms with Gasteiger partial charge < -0.3 is 10.4 Å². The lowest BCUT2D eigenvalue weighted by Crippen LogP contribution is -2.08. The number of hydrogen-bond donors (Lipinski definition) is 2. The Morgan fingerprint density at radius 2 is 2.25 bits per heavy atom. The number of para-hydroxylation sites is 1. The van der Waals surface area contributed by atoms with E-state index in [2.05, 4.69) is 17.2 Å². The Hall–Kier alpha value is -1.39. The van der Waals surface area contributed by atoms with Crippen molar-refractivity contribution in [1.82, 2.24) is 4.98 Å². The molecule has 0 radical (unpaired) electrons. The van der Waals surface area contributed by atoms with Crippen LogP contribution in [0.3, 0.4) is 0 Å². The van der Waals surface area contributed by atoms with Crippen LogP contribution in [0.5, 0.6) is 0 Å². The Kier molecular flexibility index (Phi) is 3.54. The fourth-order valence-electron chi connectivity index (χ4n) is 1.54. The minimum atomic E-state index is 0.0486. The van der Waals surface area contributed by atoms with Gasteiger partial charge in [-0.3, -0.25) is 0 Å². The first kappa shape index (κ1) is 11.1. The van der Waals surface area contributed by atoms with E-state index in [0.717, 1.165) is 16.9 Å². The molecule has 16 heavy (non-hydrogen) atoms. The minimum Gasteiger partial charge on any atom is -0.392 e. The number of hydrogen-bond acceptors (Lipinski definition) is 4. The summed E-state index contributed by atoms with van der Waals surface area (Å²) in [4.78, 5) is 4.26. The molecule has 0 spiro atoms. The van der Waals surface area contributed by atoms with Gasteiger partial charge in [-0.25, -0.2) is 4.98 Å². The zero-order chi connectivity index (χ0) is 11.4. The molecule has 0 fully saturated rings. The first-order valence-corrected chi connectivity index (χ1v) is 6.09. The first-order chi connectivity index (χ1) is 7.81. The minimum absolute atomic E-state index is 0.0486. The summed E-state index contributed by atoms with van der Waals surface area (Å²) in [5.74, 6) is 0. The zero-order valence-corrected chi connectivity index (χ0v) is 9.87. The van der Waals surface area contributed by atoms with E-state index < -0.39 is 0 Å². The topological polar surface area (TPSA) is 45.1 Å². The molecule has 1 aromatic heterocycles. The van der Waals surface area contributed by atoms with Crippen molar-refractivity contribution in [3.8, 4) is 0 Å². The number of benzene rings is 1. The lowest BCUT2D eigenvalue weighted by molar-refractivity contribution is 0.282. The van der Waals surface area contributed by atoms with Crippen LogP contribution in [-0.4, -0.2) is 10.1 Å². The van der Waals surface area contributed by atoms with Crippen LogP contribution < -0.4 is 5.32 Å². The van der Waals surface area contributed by atoms with Gasteiger partial charge in [0.1, 0.15) is 0 Å². The van der Waals surface area contributed by atoms with Crippen LogP contribution >= 0.6 is 11.3 Å². The second kappa shape index (κ2) is 5.09. The number of aliphatic hydroxyl groups excluding tert-OH is 1. The Bertz CT molecular complexity index is 442. The fourth-order valence-corrected chi connectivity index (χ4v) is 2.19. The molecule has 0 saturated carbocycles. The standard InChI is InChI=1S/C12H14N2OS/c1-9(12-7-16-8-13-12)14-11-5-3-2-4-10(11)6-15/h2-5,7-9,14-15H,6H2,1H3. The lowest BCUT2D eigenvalue weighted by Gasteiger charge is -2.15. The highest BCUT2D eigenvalue weighted by molar-refractivity contribution is 7.07. The summed E-state index contributed by atoms with van der Waals surface area (Å²) in [5.41, 5.74) is 4.72. The van der Waals surface area contributed by atoms with Crippen molar-refractivity contribution < 1.29 is 5.11 Å². The maximum Gasteiger partial charge on any atom is 0.0795 e. The van der Waals surface area contributed by atoms with Crippen LogP contribution in [0.1, 0.15) is 24.2 Å². The van der Waals surface area contributed by atoms with E-state index >= 15 is 0 Å². The van der Waals surface area contributed by atoms with Gasteiger partial charge in [-0.15, -0.1) is 11.3 Å². The highest BCUT2D eigenvalue weighted by Gasteiger charge is 2.08. The third-order valence-corrected chi connectivity index (χ3v) is 3.06. The molecule has 1 heterocycles. The molecule has 0 aliphatic heterocycles. The molecule has 84 valence electrons. The third-order valence-electron chi connectivity index (χ3n) is 2.45. The highest BCUT2D eigenvalue weighted by atomic mass is 32.1. The van der Waals surface area contributed by atoms with E-state index in [-0.39, 0.29) is 12.6 Å². The number of aliphatic hydroxyl groups is 1. The van der Waals surface area contributed by atoms with Crippen molar-refractivity contribution in [2.45, 2.75) is 19.6 Å². The molecule has 2 N–H and O–H groups in total. The molecule has 0 aliphatic carbocycles. The highest BCUT2D eigenvalue weighted by Crippen LogP contribution is 2.22. The maximum atomic E-state index is 9.21. The first-order valence-electron chi connectivity index (χ1n) is 5.14. The Labute approximate surface area is 98.8 Å². The van der Waals surface area contributed by atoms with Crippen LogP contribution in [0, 0.1) is 0 Å². The molecule has 0 amide bonds. The summed E-state index contributed by atoms with van der Waals surface area (Å²) in [5, 5.41) is 14.6. The Morgan fingerprint density at radius 1 is 1.44 bits per heavy atom. The molecule has 3 nitrogen and oxygen atoms in total. The second-order valence-electron chi connectivity index (χ2n) is 3.59. The van der Waals surface area contributed by atoms with E-state index in [9.17, 15) is 5.11 Å². The summed E-state index contributed by atoms with van der Waals surface area (Å²) >= 11 is 1.59. The monoisotopic (exact) mass is 234 g/mol. The molecule has 2 aromatic rings. The fraction of sp³-hybridized carbons (Fsp3) is 0.250. The van der Waals surface area contributed by atoms with Crippen molar-refractivity contribution >= 4 is 17.0 Å². The SMILES string of the molecule is CC(Nc1ccccc1CO)c1cscn1. The van der Waals surface area contributed by atoms with Crippen LogP contribution in [0.15, 0.2) is 35.2 Å². The van der Waals surface area contributed by atoms with Crippen LogP contribution in [0.2, 0.25) is 0 Å². The van der Waals surface area contributed by atoms with Crippen molar-refractivity contribution in [1.29, 1.82) is 0 Å². The van der Waals surface area contributed by atoms with Gasteiger partial charge >= 0.3 is 0 Å². The number of thiazole rings is 1. The average molecular weight is 234 g/mol. The average Bonchev–Trinajstić information content (AvgIpc) is 2.83. The summed E-state index contributed by atoms with van der Waals surface area (Å²) in [6.45, 7) is 2.11. The molecule has 4 heteroatoms. The molecule has 0 bridgehead atoms. The predicted molar refractivity (Wildman–Crippen MR) is 66.5 cm³/mol.